The van der Waals surface area contributed by atoms with Crippen LogP contribution in [0.4, 0.5) is 0 Å². The maximum absolute atomic E-state index is 12.6. The number of H-pyrrole nitrogens is 1. The minimum Gasteiger partial charge on any atom is -0.493 e. The van der Waals surface area contributed by atoms with Crippen molar-refractivity contribution >= 4 is 22.3 Å². The van der Waals surface area contributed by atoms with Gasteiger partial charge >= 0.3 is 0 Å². The minimum absolute atomic E-state index is 0.0688. The Morgan fingerprint density at radius 2 is 1.97 bits per heavy atom. The molecule has 0 saturated carbocycles. The average molecular weight is 413 g/mol. The monoisotopic (exact) mass is 413 g/mol. The van der Waals surface area contributed by atoms with Crippen LogP contribution in [-0.4, -0.2) is 36.0 Å². The van der Waals surface area contributed by atoms with E-state index in [2.05, 4.69) is 25.1 Å². The van der Waals surface area contributed by atoms with Gasteiger partial charge in [0.1, 0.15) is 5.82 Å². The van der Waals surface area contributed by atoms with Crippen LogP contribution in [0.25, 0.3) is 27.6 Å². The molecule has 9 heteroatoms. The molecule has 1 aromatic carbocycles. The Morgan fingerprint density at radius 3 is 2.77 bits per heavy atom. The number of allylic oxidation sites excluding steroid dienone is 4. The Hall–Kier alpha value is -4.40. The molecular weight excluding hydrogens is 398 g/mol. The zero-order chi connectivity index (χ0) is 21.4. The number of nitrogens with zero attached hydrogens (tertiary/aromatic N) is 4. The van der Waals surface area contributed by atoms with Crippen molar-refractivity contribution < 1.29 is 14.4 Å². The van der Waals surface area contributed by atoms with Crippen molar-refractivity contribution in [3.63, 3.8) is 0 Å². The Morgan fingerprint density at radius 1 is 1.10 bits per heavy atom. The summed E-state index contributed by atoms with van der Waals surface area (Å²) < 4.78 is 5.27. The third-order valence-corrected chi connectivity index (χ3v) is 4.86. The van der Waals surface area contributed by atoms with Gasteiger partial charge in [0.25, 0.3) is 5.56 Å². The molecule has 2 N–H and O–H groups in total. The number of nitrogens with one attached hydrogen (secondary N) is 1. The van der Waals surface area contributed by atoms with Gasteiger partial charge in [-0.1, -0.05) is 17.3 Å². The number of rotatable bonds is 4. The van der Waals surface area contributed by atoms with E-state index in [1.807, 2.05) is 6.07 Å². The number of carbonyl (C=O) groups excluding carboxylic acids is 1. The molecule has 1 aliphatic carbocycles. The second-order valence-corrected chi connectivity index (χ2v) is 7.02. The fourth-order valence-corrected chi connectivity index (χ4v) is 3.35. The van der Waals surface area contributed by atoms with E-state index in [1.54, 1.807) is 24.3 Å². The number of hydrogen-bond acceptors (Lipinski definition) is 8. The fourth-order valence-electron chi connectivity index (χ4n) is 3.35. The molecule has 3 aromatic heterocycles. The highest BCUT2D eigenvalue weighted by Crippen LogP contribution is 2.23. The smallest absolute Gasteiger partial charge is 0.280 e. The topological polar surface area (TPSA) is 135 Å². The van der Waals surface area contributed by atoms with Gasteiger partial charge in [0.05, 0.1) is 17.3 Å². The molecule has 9 nitrogen and oxygen atoms in total. The summed E-state index contributed by atoms with van der Waals surface area (Å²) in [5.41, 5.74) is 2.47. The third kappa shape index (κ3) is 3.76. The highest BCUT2D eigenvalue weighted by atomic mass is 16.5. The Bertz CT molecular complexity index is 1430. The van der Waals surface area contributed by atoms with E-state index in [-0.39, 0.29) is 29.5 Å². The molecule has 152 valence electrons. The number of fused-ring (bicyclic) bond motifs is 1. The number of carbonyl (C=O) groups is 1. The summed E-state index contributed by atoms with van der Waals surface area (Å²) in [5.74, 6) is 0.840. The van der Waals surface area contributed by atoms with Crippen LogP contribution in [0.15, 0.2) is 64.1 Å². The van der Waals surface area contributed by atoms with Gasteiger partial charge in [-0.25, -0.2) is 4.98 Å². The second kappa shape index (κ2) is 7.45. The van der Waals surface area contributed by atoms with Gasteiger partial charge in [-0.3, -0.25) is 9.59 Å². The zero-order valence-corrected chi connectivity index (χ0v) is 16.1. The summed E-state index contributed by atoms with van der Waals surface area (Å²) in [7, 11) is 0. The maximum atomic E-state index is 12.6. The predicted molar refractivity (Wildman–Crippen MR) is 111 cm³/mol. The van der Waals surface area contributed by atoms with Crippen LogP contribution in [0.5, 0.6) is 5.88 Å². The molecule has 4 aromatic rings. The average Bonchev–Trinajstić information content (AvgIpc) is 3.23. The number of benzene rings is 1. The van der Waals surface area contributed by atoms with Gasteiger partial charge in [-0.15, -0.1) is 0 Å². The van der Waals surface area contributed by atoms with Crippen LogP contribution in [0.2, 0.25) is 0 Å². The summed E-state index contributed by atoms with van der Waals surface area (Å²) in [5, 5.41) is 13.7. The van der Waals surface area contributed by atoms with Crippen LogP contribution >= 0.6 is 0 Å². The van der Waals surface area contributed by atoms with Crippen LogP contribution < -0.4 is 5.56 Å². The summed E-state index contributed by atoms with van der Waals surface area (Å²) in [6.45, 7) is 0. The Balaban J connectivity index is 1.42. The lowest BCUT2D eigenvalue weighted by Gasteiger charge is -2.05. The number of aromatic hydroxyl groups is 1. The molecule has 0 aliphatic heterocycles. The van der Waals surface area contributed by atoms with Crippen molar-refractivity contribution in [3.05, 3.63) is 82.7 Å². The summed E-state index contributed by atoms with van der Waals surface area (Å²) in [6.07, 6.45) is 6.96. The normalized spacial score (nSPS) is 13.5. The number of ketones is 1. The minimum atomic E-state index is -0.386. The van der Waals surface area contributed by atoms with E-state index in [9.17, 15) is 14.7 Å². The summed E-state index contributed by atoms with van der Waals surface area (Å²) in [6, 6.07) is 8.57. The quantitative estimate of drug-likeness (QED) is 0.521. The summed E-state index contributed by atoms with van der Waals surface area (Å²) in [4.78, 5) is 39.5. The standard InChI is InChI=1S/C22H15N5O4/c28-15-3-1-2-13(8-15)21-26-20(31-27-21)10-18-24-17-6-4-12(9-16(17)22(30)25-18)14-5-7-19(29)23-11-14/h1,3-9,11H,2,10H2,(H,23,29)(H,24,25,30). The van der Waals surface area contributed by atoms with E-state index >= 15 is 0 Å². The fraction of sp³-hybridized carbons (Fsp3) is 0.0909. The third-order valence-electron chi connectivity index (χ3n) is 4.86. The van der Waals surface area contributed by atoms with Crippen molar-refractivity contribution in [2.75, 3.05) is 0 Å². The SMILES string of the molecule is O=C1C=CCC(c2noc(Cc3nc(=O)c4cc(-c5ccc(O)nc5)ccc4[nH]3)n2)=C1. The molecule has 0 fully saturated rings. The molecule has 3 heterocycles. The molecule has 0 spiro atoms. The van der Waals surface area contributed by atoms with E-state index in [0.29, 0.717) is 34.5 Å². The maximum Gasteiger partial charge on any atom is 0.280 e. The second-order valence-electron chi connectivity index (χ2n) is 7.02. The molecular formula is C22H15N5O4. The number of aromatic nitrogens is 5. The first-order valence-electron chi connectivity index (χ1n) is 9.47. The Labute approximate surface area is 174 Å². The van der Waals surface area contributed by atoms with E-state index in [0.717, 1.165) is 11.1 Å². The van der Waals surface area contributed by atoms with Crippen molar-refractivity contribution in [1.29, 1.82) is 0 Å². The van der Waals surface area contributed by atoms with Crippen molar-refractivity contribution in [2.45, 2.75) is 12.8 Å². The first kappa shape index (κ1) is 18.6. The molecule has 0 atom stereocenters. The van der Waals surface area contributed by atoms with Gasteiger partial charge < -0.3 is 14.6 Å². The largest absolute Gasteiger partial charge is 0.493 e. The first-order chi connectivity index (χ1) is 15.0. The highest BCUT2D eigenvalue weighted by molar-refractivity contribution is 6.05. The van der Waals surface area contributed by atoms with E-state index < -0.39 is 0 Å². The lowest BCUT2D eigenvalue weighted by molar-refractivity contribution is -0.110. The van der Waals surface area contributed by atoms with Crippen molar-refractivity contribution in [1.82, 2.24) is 25.1 Å². The predicted octanol–water partition coefficient (Wildman–Crippen LogP) is 2.58. The molecule has 5 rings (SSSR count). The van der Waals surface area contributed by atoms with Crippen LogP contribution in [0.3, 0.4) is 0 Å². The lowest BCUT2D eigenvalue weighted by Crippen LogP contribution is -2.12. The van der Waals surface area contributed by atoms with Crippen LogP contribution in [0, 0.1) is 0 Å². The molecule has 0 radical (unpaired) electrons. The van der Waals surface area contributed by atoms with Crippen molar-refractivity contribution in [3.8, 4) is 17.0 Å². The van der Waals surface area contributed by atoms with Crippen molar-refractivity contribution in [2.24, 2.45) is 0 Å². The lowest BCUT2D eigenvalue weighted by atomic mass is 10.1. The number of pyridine rings is 1. The molecule has 31 heavy (non-hydrogen) atoms. The first-order valence-corrected chi connectivity index (χ1v) is 9.47. The van der Waals surface area contributed by atoms with Gasteiger partial charge in [0, 0.05) is 23.4 Å². The highest BCUT2D eigenvalue weighted by Gasteiger charge is 2.15. The van der Waals surface area contributed by atoms with E-state index in [1.165, 1.54) is 24.4 Å². The molecule has 0 amide bonds. The molecule has 0 bridgehead atoms. The summed E-state index contributed by atoms with van der Waals surface area (Å²) >= 11 is 0. The number of hydrogen-bond donors (Lipinski definition) is 2. The van der Waals surface area contributed by atoms with Crippen LogP contribution in [-0.2, 0) is 11.2 Å². The molecule has 1 aliphatic rings. The van der Waals surface area contributed by atoms with Gasteiger partial charge in [-0.2, -0.15) is 9.97 Å². The number of aromatic amines is 1. The zero-order valence-electron chi connectivity index (χ0n) is 16.1. The van der Waals surface area contributed by atoms with Crippen LogP contribution in [0.1, 0.15) is 24.0 Å². The van der Waals surface area contributed by atoms with Gasteiger partial charge in [-0.05, 0) is 42.3 Å². The Kier molecular flexibility index (Phi) is 4.47. The van der Waals surface area contributed by atoms with E-state index in [4.69, 9.17) is 4.52 Å². The molecule has 0 saturated heterocycles. The van der Waals surface area contributed by atoms with Gasteiger partial charge in [0.15, 0.2) is 11.6 Å². The van der Waals surface area contributed by atoms with Gasteiger partial charge in [0.2, 0.25) is 11.8 Å². The molecule has 0 unspecified atom stereocenters.